The van der Waals surface area contributed by atoms with E-state index in [-0.39, 0.29) is 36.7 Å². The summed E-state index contributed by atoms with van der Waals surface area (Å²) < 4.78 is 33.6. The maximum atomic E-state index is 13.2. The lowest BCUT2D eigenvalue weighted by Crippen LogP contribution is -2.26. The Kier molecular flexibility index (Phi) is 7.18. The molecule has 5 rings (SSSR count). The van der Waals surface area contributed by atoms with Crippen molar-refractivity contribution in [2.75, 3.05) is 0 Å². The summed E-state index contributed by atoms with van der Waals surface area (Å²) in [5.41, 5.74) is 2.83. The van der Waals surface area contributed by atoms with Gasteiger partial charge in [0.25, 0.3) is 5.56 Å². The topological polar surface area (TPSA) is 82.4 Å². The minimum Gasteiger partial charge on any atom is -0.422 e. The number of hydrogen-bond acceptors (Lipinski definition) is 5. The Morgan fingerprint density at radius 3 is 2.29 bits per heavy atom. The van der Waals surface area contributed by atoms with Crippen LogP contribution in [0.5, 0.6) is 5.75 Å². The van der Waals surface area contributed by atoms with E-state index in [1.165, 1.54) is 30.3 Å². The van der Waals surface area contributed by atoms with E-state index in [1.807, 2.05) is 37.3 Å². The van der Waals surface area contributed by atoms with Crippen molar-refractivity contribution in [1.82, 2.24) is 4.57 Å². The number of carbonyl (C=O) groups excluding carboxylic acids is 1. The SMILES string of the molecule is Cc1ccc(S(=O)(=O)c2ccc(C(=O)Oc3cc(=O)n(-c4ccccc4)c4c3CCCC4)c(Cl)c2Cl)cc1. The Morgan fingerprint density at radius 2 is 1.58 bits per heavy atom. The molecule has 0 atom stereocenters. The lowest BCUT2D eigenvalue weighted by atomic mass is 9.94. The summed E-state index contributed by atoms with van der Waals surface area (Å²) in [7, 11) is -3.97. The predicted octanol–water partition coefficient (Wildman–Crippen LogP) is 6.38. The van der Waals surface area contributed by atoms with Crippen molar-refractivity contribution in [1.29, 1.82) is 0 Å². The maximum Gasteiger partial charge on any atom is 0.345 e. The number of esters is 1. The molecule has 0 spiro atoms. The van der Waals surface area contributed by atoms with Crippen molar-refractivity contribution in [2.24, 2.45) is 0 Å². The third kappa shape index (κ3) is 4.77. The molecule has 0 unspecified atom stereocenters. The summed E-state index contributed by atoms with van der Waals surface area (Å²) in [6.07, 6.45) is 3.12. The molecule has 4 aromatic rings. The van der Waals surface area contributed by atoms with Gasteiger partial charge in [-0.2, -0.15) is 0 Å². The highest BCUT2D eigenvalue weighted by atomic mass is 35.5. The largest absolute Gasteiger partial charge is 0.422 e. The van der Waals surface area contributed by atoms with Crippen LogP contribution in [-0.4, -0.2) is 19.0 Å². The van der Waals surface area contributed by atoms with Crippen LogP contribution in [0.3, 0.4) is 0 Å². The highest BCUT2D eigenvalue weighted by Gasteiger charge is 2.27. The molecule has 0 amide bonds. The van der Waals surface area contributed by atoms with E-state index in [0.717, 1.165) is 35.3 Å². The van der Waals surface area contributed by atoms with Gasteiger partial charge in [0.15, 0.2) is 0 Å². The molecule has 0 aliphatic heterocycles. The van der Waals surface area contributed by atoms with Crippen LogP contribution in [0, 0.1) is 6.92 Å². The normalized spacial score (nSPS) is 13.1. The Balaban J connectivity index is 1.51. The zero-order chi connectivity index (χ0) is 27.0. The smallest absolute Gasteiger partial charge is 0.345 e. The molecule has 0 saturated heterocycles. The third-order valence-corrected chi connectivity index (χ3v) is 9.39. The van der Waals surface area contributed by atoms with Crippen molar-refractivity contribution in [3.63, 3.8) is 0 Å². The van der Waals surface area contributed by atoms with Crippen LogP contribution in [0.15, 0.2) is 87.4 Å². The van der Waals surface area contributed by atoms with Gasteiger partial charge >= 0.3 is 5.97 Å². The summed E-state index contributed by atoms with van der Waals surface area (Å²) in [4.78, 5) is 26.1. The average Bonchev–Trinajstić information content (AvgIpc) is 2.91. The fourth-order valence-electron chi connectivity index (χ4n) is 4.65. The number of para-hydroxylation sites is 1. The molecule has 1 aliphatic rings. The van der Waals surface area contributed by atoms with E-state index in [4.69, 9.17) is 27.9 Å². The summed E-state index contributed by atoms with van der Waals surface area (Å²) in [6, 6.07) is 19.5. The molecular formula is C29H23Cl2NO5S. The first kappa shape index (κ1) is 26.2. The number of hydrogen-bond donors (Lipinski definition) is 0. The van der Waals surface area contributed by atoms with Gasteiger partial charge in [-0.15, -0.1) is 0 Å². The number of aryl methyl sites for hydroxylation is 1. The molecule has 9 heteroatoms. The number of benzene rings is 3. The van der Waals surface area contributed by atoms with Crippen molar-refractivity contribution in [3.05, 3.63) is 116 Å². The number of nitrogens with zero attached hydrogens (tertiary/aromatic N) is 1. The molecular weight excluding hydrogens is 545 g/mol. The van der Waals surface area contributed by atoms with Crippen LogP contribution in [0.4, 0.5) is 0 Å². The zero-order valence-corrected chi connectivity index (χ0v) is 22.7. The quantitative estimate of drug-likeness (QED) is 0.261. The first-order valence-electron chi connectivity index (χ1n) is 12.0. The van der Waals surface area contributed by atoms with Crippen molar-refractivity contribution in [3.8, 4) is 11.4 Å². The van der Waals surface area contributed by atoms with E-state index < -0.39 is 15.8 Å². The zero-order valence-electron chi connectivity index (χ0n) is 20.4. The van der Waals surface area contributed by atoms with Crippen LogP contribution >= 0.6 is 23.2 Å². The Morgan fingerprint density at radius 1 is 0.895 bits per heavy atom. The van der Waals surface area contributed by atoms with Gasteiger partial charge < -0.3 is 4.74 Å². The molecule has 0 N–H and O–H groups in total. The van der Waals surface area contributed by atoms with Crippen LogP contribution in [-0.2, 0) is 22.7 Å². The van der Waals surface area contributed by atoms with Gasteiger partial charge in [-0.1, -0.05) is 59.1 Å². The second kappa shape index (κ2) is 10.4. The van der Waals surface area contributed by atoms with Crippen LogP contribution in [0.2, 0.25) is 10.0 Å². The van der Waals surface area contributed by atoms with Gasteiger partial charge in [-0.25, -0.2) is 13.2 Å². The predicted molar refractivity (Wildman–Crippen MR) is 147 cm³/mol. The lowest BCUT2D eigenvalue weighted by Gasteiger charge is -2.23. The van der Waals surface area contributed by atoms with Crippen LogP contribution in [0.1, 0.15) is 40.0 Å². The van der Waals surface area contributed by atoms with Crippen molar-refractivity contribution < 1.29 is 17.9 Å². The van der Waals surface area contributed by atoms with Gasteiger partial charge in [0.2, 0.25) is 9.84 Å². The molecule has 1 heterocycles. The Labute approximate surface area is 230 Å². The summed E-state index contributed by atoms with van der Waals surface area (Å²) in [5.74, 6) is -0.661. The highest BCUT2D eigenvalue weighted by molar-refractivity contribution is 7.91. The number of aromatic nitrogens is 1. The molecule has 1 aromatic heterocycles. The molecule has 0 saturated carbocycles. The minimum atomic E-state index is -3.97. The van der Waals surface area contributed by atoms with Gasteiger partial charge in [0.05, 0.1) is 25.4 Å². The summed E-state index contributed by atoms with van der Waals surface area (Å²) in [6.45, 7) is 1.85. The number of halogens is 2. The molecule has 0 radical (unpaired) electrons. The van der Waals surface area contributed by atoms with Gasteiger partial charge in [0.1, 0.15) is 5.75 Å². The fourth-order valence-corrected chi connectivity index (χ4v) is 6.75. The van der Waals surface area contributed by atoms with E-state index in [9.17, 15) is 18.0 Å². The molecule has 1 aliphatic carbocycles. The average molecular weight is 568 g/mol. The summed E-state index contributed by atoms with van der Waals surface area (Å²) >= 11 is 12.8. The molecule has 38 heavy (non-hydrogen) atoms. The maximum absolute atomic E-state index is 13.2. The van der Waals surface area contributed by atoms with Gasteiger partial charge in [-0.3, -0.25) is 9.36 Å². The molecule has 194 valence electrons. The first-order valence-corrected chi connectivity index (χ1v) is 14.3. The van der Waals surface area contributed by atoms with Gasteiger partial charge in [-0.05, 0) is 69.0 Å². The number of fused-ring (bicyclic) bond motifs is 1. The van der Waals surface area contributed by atoms with Crippen LogP contribution in [0.25, 0.3) is 5.69 Å². The van der Waals surface area contributed by atoms with E-state index in [1.54, 1.807) is 16.7 Å². The molecule has 3 aromatic carbocycles. The van der Waals surface area contributed by atoms with Gasteiger partial charge in [0, 0.05) is 23.0 Å². The molecule has 0 fully saturated rings. The monoisotopic (exact) mass is 567 g/mol. The number of ether oxygens (including phenoxy) is 1. The first-order chi connectivity index (χ1) is 18.2. The lowest BCUT2D eigenvalue weighted by molar-refractivity contribution is 0.0732. The van der Waals surface area contributed by atoms with Crippen LogP contribution < -0.4 is 10.3 Å². The second-order valence-electron chi connectivity index (χ2n) is 9.10. The number of pyridine rings is 1. The van der Waals surface area contributed by atoms with E-state index in [0.29, 0.717) is 12.8 Å². The van der Waals surface area contributed by atoms with E-state index >= 15 is 0 Å². The molecule has 0 bridgehead atoms. The molecule has 6 nitrogen and oxygen atoms in total. The Hall–Kier alpha value is -3.39. The van der Waals surface area contributed by atoms with E-state index in [2.05, 4.69) is 0 Å². The van der Waals surface area contributed by atoms with Crippen molar-refractivity contribution >= 4 is 39.0 Å². The second-order valence-corrected chi connectivity index (χ2v) is 11.8. The highest BCUT2D eigenvalue weighted by Crippen LogP contribution is 2.36. The number of sulfone groups is 1. The fraction of sp³-hybridized carbons (Fsp3) is 0.172. The number of rotatable bonds is 5. The van der Waals surface area contributed by atoms with Crippen molar-refractivity contribution in [2.45, 2.75) is 42.4 Å². The standard InChI is InChI=1S/C29H23Cl2NO5S/c1-18-11-13-20(14-12-18)38(35,36)25-16-15-22(27(30)28(25)31)29(34)37-24-17-26(33)32(19-7-3-2-4-8-19)23-10-6-5-9-21(23)24/h2-4,7-8,11-17H,5-6,9-10H2,1H3. The minimum absolute atomic E-state index is 0.0574. The summed E-state index contributed by atoms with van der Waals surface area (Å²) in [5, 5.41) is -0.514. The Bertz CT molecular complexity index is 1710. The third-order valence-electron chi connectivity index (χ3n) is 6.59. The number of carbonyl (C=O) groups is 1.